The monoisotopic (exact) mass is 256 g/mol. The van der Waals surface area contributed by atoms with E-state index in [1.54, 1.807) is 6.07 Å². The maximum Gasteiger partial charge on any atom is 0.133 e. The average molecular weight is 256 g/mol. The Hall–Kier alpha value is -1.79. The third kappa shape index (κ3) is 2.55. The van der Waals surface area contributed by atoms with E-state index in [2.05, 4.69) is 5.43 Å². The summed E-state index contributed by atoms with van der Waals surface area (Å²) < 4.78 is 44.8. The van der Waals surface area contributed by atoms with Gasteiger partial charge in [0, 0.05) is 17.7 Å². The third-order valence-corrected chi connectivity index (χ3v) is 2.61. The summed E-state index contributed by atoms with van der Waals surface area (Å²) in [6, 6.07) is 2.10. The Morgan fingerprint density at radius 3 is 2.39 bits per heavy atom. The highest BCUT2D eigenvalue weighted by Gasteiger charge is 2.21. The molecule has 2 rings (SSSR count). The largest absolute Gasteiger partial charge is 0.472 e. The van der Waals surface area contributed by atoms with Crippen LogP contribution < -0.4 is 11.3 Å². The Kier molecular flexibility index (Phi) is 3.69. The number of hydrogen-bond acceptors (Lipinski definition) is 3. The zero-order chi connectivity index (χ0) is 13.1. The number of halogens is 3. The Morgan fingerprint density at radius 1 is 1.22 bits per heavy atom. The fraction of sp³-hybridized carbons (Fsp3) is 0.167. The molecule has 1 unspecified atom stereocenters. The second-order valence-corrected chi connectivity index (χ2v) is 3.84. The summed E-state index contributed by atoms with van der Waals surface area (Å²) in [6.45, 7) is 0. The molecule has 1 aromatic heterocycles. The first-order valence-corrected chi connectivity index (χ1v) is 5.23. The van der Waals surface area contributed by atoms with Crippen LogP contribution in [0.15, 0.2) is 35.1 Å². The van der Waals surface area contributed by atoms with E-state index in [9.17, 15) is 13.2 Å². The van der Waals surface area contributed by atoms with Gasteiger partial charge in [0.15, 0.2) is 0 Å². The van der Waals surface area contributed by atoms with E-state index in [0.29, 0.717) is 12.1 Å². The van der Waals surface area contributed by atoms with Crippen LogP contribution >= 0.6 is 0 Å². The van der Waals surface area contributed by atoms with Crippen molar-refractivity contribution in [3.05, 3.63) is 59.3 Å². The summed E-state index contributed by atoms with van der Waals surface area (Å²) in [6.07, 6.45) is 3.12. The Morgan fingerprint density at radius 2 is 1.89 bits per heavy atom. The van der Waals surface area contributed by atoms with Crippen LogP contribution in [0.2, 0.25) is 0 Å². The summed E-state index contributed by atoms with van der Waals surface area (Å²) in [5, 5.41) is 0. The number of furan rings is 1. The molecule has 96 valence electrons. The van der Waals surface area contributed by atoms with Crippen molar-refractivity contribution < 1.29 is 17.6 Å². The topological polar surface area (TPSA) is 51.2 Å². The summed E-state index contributed by atoms with van der Waals surface area (Å²) in [7, 11) is 0. The molecule has 0 aliphatic carbocycles. The summed E-state index contributed by atoms with van der Waals surface area (Å²) >= 11 is 0. The standard InChI is InChI=1S/C12H11F3N2O/c13-8-4-9(14)12(10(15)5-8)11(17-16)3-7-1-2-18-6-7/h1-2,4-6,11,17H,3,16H2. The lowest BCUT2D eigenvalue weighted by Gasteiger charge is -2.17. The molecule has 1 heterocycles. The molecule has 3 nitrogen and oxygen atoms in total. The lowest BCUT2D eigenvalue weighted by atomic mass is 10.00. The number of nitrogens with one attached hydrogen (secondary N) is 1. The van der Waals surface area contributed by atoms with E-state index in [0.717, 1.165) is 5.56 Å². The molecule has 1 atom stereocenters. The highest BCUT2D eigenvalue weighted by atomic mass is 19.1. The van der Waals surface area contributed by atoms with Crippen molar-refractivity contribution in [2.45, 2.75) is 12.5 Å². The minimum Gasteiger partial charge on any atom is -0.472 e. The maximum absolute atomic E-state index is 13.6. The molecule has 0 aliphatic rings. The molecular formula is C12H11F3N2O. The average Bonchev–Trinajstić information content (AvgIpc) is 2.79. The van der Waals surface area contributed by atoms with Gasteiger partial charge < -0.3 is 4.42 Å². The second-order valence-electron chi connectivity index (χ2n) is 3.84. The molecule has 2 aromatic rings. The molecule has 0 saturated carbocycles. The van der Waals surface area contributed by atoms with Gasteiger partial charge in [-0.25, -0.2) is 13.2 Å². The Balaban J connectivity index is 2.33. The summed E-state index contributed by atoms with van der Waals surface area (Å²) in [5.74, 6) is 2.38. The van der Waals surface area contributed by atoms with Crippen molar-refractivity contribution in [3.8, 4) is 0 Å². The van der Waals surface area contributed by atoms with Crippen LogP contribution in [0.5, 0.6) is 0 Å². The number of rotatable bonds is 4. The smallest absolute Gasteiger partial charge is 0.133 e. The van der Waals surface area contributed by atoms with Gasteiger partial charge >= 0.3 is 0 Å². The van der Waals surface area contributed by atoms with Crippen molar-refractivity contribution >= 4 is 0 Å². The van der Waals surface area contributed by atoms with Gasteiger partial charge in [-0.2, -0.15) is 0 Å². The number of hydrazine groups is 1. The third-order valence-electron chi connectivity index (χ3n) is 2.61. The first kappa shape index (κ1) is 12.7. The van der Waals surface area contributed by atoms with E-state index in [1.807, 2.05) is 0 Å². The molecule has 0 fully saturated rings. The highest BCUT2D eigenvalue weighted by molar-refractivity contribution is 5.26. The molecule has 0 radical (unpaired) electrons. The van der Waals surface area contributed by atoms with Crippen molar-refractivity contribution in [2.75, 3.05) is 0 Å². The van der Waals surface area contributed by atoms with Gasteiger partial charge in [-0.05, 0) is 18.1 Å². The molecule has 0 aliphatic heterocycles. The highest BCUT2D eigenvalue weighted by Crippen LogP contribution is 2.24. The fourth-order valence-electron chi connectivity index (χ4n) is 1.78. The Labute approximate surface area is 101 Å². The molecule has 6 heteroatoms. The van der Waals surface area contributed by atoms with Gasteiger partial charge in [-0.1, -0.05) is 0 Å². The predicted octanol–water partition coefficient (Wildman–Crippen LogP) is 2.44. The molecule has 18 heavy (non-hydrogen) atoms. The number of hydrogen-bond donors (Lipinski definition) is 2. The van der Waals surface area contributed by atoms with Gasteiger partial charge in [0.1, 0.15) is 17.5 Å². The minimum atomic E-state index is -0.973. The van der Waals surface area contributed by atoms with Crippen molar-refractivity contribution in [2.24, 2.45) is 5.84 Å². The Bertz CT molecular complexity index is 505. The van der Waals surface area contributed by atoms with Crippen LogP contribution in [0.1, 0.15) is 17.2 Å². The molecular weight excluding hydrogens is 245 g/mol. The first-order valence-electron chi connectivity index (χ1n) is 5.23. The fourth-order valence-corrected chi connectivity index (χ4v) is 1.78. The van der Waals surface area contributed by atoms with E-state index >= 15 is 0 Å². The number of benzene rings is 1. The minimum absolute atomic E-state index is 0.229. The van der Waals surface area contributed by atoms with Crippen LogP contribution in [0.3, 0.4) is 0 Å². The van der Waals surface area contributed by atoms with Crippen LogP contribution in [-0.4, -0.2) is 0 Å². The first-order chi connectivity index (χ1) is 8.61. The van der Waals surface area contributed by atoms with Gasteiger partial charge in [0.2, 0.25) is 0 Å². The second kappa shape index (κ2) is 5.24. The van der Waals surface area contributed by atoms with Gasteiger partial charge in [-0.3, -0.25) is 11.3 Å². The van der Waals surface area contributed by atoms with E-state index in [-0.39, 0.29) is 12.0 Å². The molecule has 0 amide bonds. The zero-order valence-corrected chi connectivity index (χ0v) is 9.29. The maximum atomic E-state index is 13.6. The molecule has 3 N–H and O–H groups in total. The quantitative estimate of drug-likeness (QED) is 0.652. The molecule has 0 saturated heterocycles. The van der Waals surface area contributed by atoms with E-state index in [1.165, 1.54) is 12.5 Å². The van der Waals surface area contributed by atoms with Crippen LogP contribution in [0.25, 0.3) is 0 Å². The van der Waals surface area contributed by atoms with E-state index < -0.39 is 23.5 Å². The van der Waals surface area contributed by atoms with Crippen LogP contribution in [-0.2, 0) is 6.42 Å². The van der Waals surface area contributed by atoms with Gasteiger partial charge in [0.25, 0.3) is 0 Å². The van der Waals surface area contributed by atoms with E-state index in [4.69, 9.17) is 10.3 Å². The predicted molar refractivity (Wildman–Crippen MR) is 58.8 cm³/mol. The summed E-state index contributed by atoms with van der Waals surface area (Å²) in [5.41, 5.74) is 2.75. The molecule has 0 bridgehead atoms. The van der Waals surface area contributed by atoms with Crippen molar-refractivity contribution in [1.82, 2.24) is 5.43 Å². The molecule has 1 aromatic carbocycles. The number of nitrogens with two attached hydrogens (primary N) is 1. The van der Waals surface area contributed by atoms with Crippen molar-refractivity contribution in [3.63, 3.8) is 0 Å². The van der Waals surface area contributed by atoms with Gasteiger partial charge in [0.05, 0.1) is 18.6 Å². The summed E-state index contributed by atoms with van der Waals surface area (Å²) in [4.78, 5) is 0. The van der Waals surface area contributed by atoms with Crippen LogP contribution in [0, 0.1) is 17.5 Å². The normalized spacial score (nSPS) is 12.7. The lowest BCUT2D eigenvalue weighted by molar-refractivity contribution is 0.460. The molecule has 0 spiro atoms. The lowest BCUT2D eigenvalue weighted by Crippen LogP contribution is -2.31. The SMILES string of the molecule is NNC(Cc1ccoc1)c1c(F)cc(F)cc1F. The zero-order valence-electron chi connectivity index (χ0n) is 9.29. The van der Waals surface area contributed by atoms with Crippen molar-refractivity contribution in [1.29, 1.82) is 0 Å². The van der Waals surface area contributed by atoms with Gasteiger partial charge in [-0.15, -0.1) is 0 Å². The van der Waals surface area contributed by atoms with Crippen LogP contribution in [0.4, 0.5) is 13.2 Å².